The van der Waals surface area contributed by atoms with Gasteiger partial charge in [-0.3, -0.25) is 4.79 Å². The predicted octanol–water partition coefficient (Wildman–Crippen LogP) is 2.17. The Hall–Kier alpha value is -1.17. The van der Waals surface area contributed by atoms with Gasteiger partial charge in [0.1, 0.15) is 5.82 Å². The van der Waals surface area contributed by atoms with Crippen LogP contribution in [0.3, 0.4) is 0 Å². The minimum atomic E-state index is -0.648. The van der Waals surface area contributed by atoms with Crippen LogP contribution in [0.5, 0.6) is 0 Å². The van der Waals surface area contributed by atoms with E-state index >= 15 is 0 Å². The fourth-order valence-electron chi connectivity index (χ4n) is 2.68. The number of aryl methyl sites for hydroxylation is 1. The molecule has 1 fully saturated rings. The Morgan fingerprint density at radius 2 is 2.25 bits per heavy atom. The second-order valence-electron chi connectivity index (χ2n) is 4.92. The highest BCUT2D eigenvalue weighted by molar-refractivity contribution is 6.30. The van der Waals surface area contributed by atoms with Crippen molar-refractivity contribution in [3.8, 4) is 0 Å². The molecule has 1 aromatic rings. The van der Waals surface area contributed by atoms with Crippen molar-refractivity contribution in [2.24, 2.45) is 0 Å². The molecule has 0 unspecified atom stereocenters. The third kappa shape index (κ3) is 2.53. The molecule has 1 atom stereocenters. The van der Waals surface area contributed by atoms with E-state index in [1.807, 2.05) is 0 Å². The van der Waals surface area contributed by atoms with Crippen molar-refractivity contribution < 1.29 is 18.7 Å². The summed E-state index contributed by atoms with van der Waals surface area (Å²) < 4.78 is 24.8. The first-order chi connectivity index (χ1) is 9.66. The molecule has 20 heavy (non-hydrogen) atoms. The van der Waals surface area contributed by atoms with Gasteiger partial charge >= 0.3 is 0 Å². The number of anilines is 1. The molecule has 2 aliphatic rings. The average Bonchev–Trinajstić information content (AvgIpc) is 2.46. The average molecular weight is 300 g/mol. The molecule has 6 heteroatoms. The number of fused-ring (bicyclic) bond motifs is 1. The Morgan fingerprint density at radius 3 is 3.00 bits per heavy atom. The zero-order chi connectivity index (χ0) is 14.1. The van der Waals surface area contributed by atoms with Gasteiger partial charge in [-0.2, -0.15) is 0 Å². The summed E-state index contributed by atoms with van der Waals surface area (Å²) in [6.07, 6.45) is 0.856. The SMILES string of the molecule is O=C([C@H]1COCCO1)N1CCCc2cc(Cl)cc(F)c21. The Labute approximate surface area is 121 Å². The third-order valence-corrected chi connectivity index (χ3v) is 3.78. The van der Waals surface area contributed by atoms with E-state index in [1.165, 1.54) is 11.0 Å². The van der Waals surface area contributed by atoms with Gasteiger partial charge in [-0.15, -0.1) is 0 Å². The minimum absolute atomic E-state index is 0.222. The first-order valence-electron chi connectivity index (χ1n) is 6.65. The van der Waals surface area contributed by atoms with Gasteiger partial charge in [0, 0.05) is 11.6 Å². The molecule has 0 aliphatic carbocycles. The van der Waals surface area contributed by atoms with Crippen LogP contribution in [0.2, 0.25) is 5.02 Å². The fraction of sp³-hybridized carbons (Fsp3) is 0.500. The Kier molecular flexibility index (Phi) is 3.92. The van der Waals surface area contributed by atoms with Crippen molar-refractivity contribution in [3.63, 3.8) is 0 Å². The number of amides is 1. The molecule has 3 rings (SSSR count). The topological polar surface area (TPSA) is 38.8 Å². The van der Waals surface area contributed by atoms with Crippen molar-refractivity contribution in [1.82, 2.24) is 0 Å². The quantitative estimate of drug-likeness (QED) is 0.798. The number of rotatable bonds is 1. The molecule has 0 spiro atoms. The summed E-state index contributed by atoms with van der Waals surface area (Å²) >= 11 is 5.87. The number of nitrogens with zero attached hydrogens (tertiary/aromatic N) is 1. The molecule has 0 N–H and O–H groups in total. The Balaban J connectivity index is 1.91. The molecule has 1 amide bonds. The highest BCUT2D eigenvalue weighted by Gasteiger charge is 2.32. The van der Waals surface area contributed by atoms with Crippen molar-refractivity contribution in [2.45, 2.75) is 18.9 Å². The number of carbonyl (C=O) groups excluding carboxylic acids is 1. The lowest BCUT2D eigenvalue weighted by Gasteiger charge is -2.33. The van der Waals surface area contributed by atoms with E-state index in [4.69, 9.17) is 21.1 Å². The van der Waals surface area contributed by atoms with E-state index in [1.54, 1.807) is 6.07 Å². The molecule has 2 heterocycles. The van der Waals surface area contributed by atoms with Crippen LogP contribution in [0.15, 0.2) is 12.1 Å². The van der Waals surface area contributed by atoms with E-state index < -0.39 is 11.9 Å². The number of ether oxygens (including phenoxy) is 2. The van der Waals surface area contributed by atoms with Crippen LogP contribution in [-0.4, -0.2) is 38.4 Å². The lowest BCUT2D eigenvalue weighted by atomic mass is 10.0. The van der Waals surface area contributed by atoms with Crippen LogP contribution in [0.1, 0.15) is 12.0 Å². The molecule has 0 aromatic heterocycles. The molecule has 0 saturated carbocycles. The van der Waals surface area contributed by atoms with Crippen molar-refractivity contribution in [3.05, 3.63) is 28.5 Å². The zero-order valence-electron chi connectivity index (χ0n) is 10.9. The number of halogens is 2. The Bertz CT molecular complexity index is 531. The van der Waals surface area contributed by atoms with Crippen LogP contribution >= 0.6 is 11.6 Å². The molecule has 0 bridgehead atoms. The zero-order valence-corrected chi connectivity index (χ0v) is 11.7. The largest absolute Gasteiger partial charge is 0.376 e. The van der Waals surface area contributed by atoms with Gasteiger partial charge in [-0.05, 0) is 30.5 Å². The number of hydrogen-bond acceptors (Lipinski definition) is 3. The molecule has 2 aliphatic heterocycles. The first kappa shape index (κ1) is 13.8. The van der Waals surface area contributed by atoms with Crippen molar-refractivity contribution in [1.29, 1.82) is 0 Å². The third-order valence-electron chi connectivity index (χ3n) is 3.56. The summed E-state index contributed by atoms with van der Waals surface area (Å²) in [6.45, 7) is 1.59. The number of benzene rings is 1. The smallest absolute Gasteiger partial charge is 0.258 e. The summed E-state index contributed by atoms with van der Waals surface area (Å²) in [5, 5.41) is 0.354. The van der Waals surface area contributed by atoms with E-state index in [2.05, 4.69) is 0 Å². The molecule has 1 aromatic carbocycles. The first-order valence-corrected chi connectivity index (χ1v) is 7.03. The van der Waals surface area contributed by atoms with Gasteiger partial charge in [0.25, 0.3) is 5.91 Å². The summed E-state index contributed by atoms with van der Waals surface area (Å²) in [4.78, 5) is 13.9. The van der Waals surface area contributed by atoms with Gasteiger partial charge in [-0.1, -0.05) is 11.6 Å². The van der Waals surface area contributed by atoms with E-state index in [9.17, 15) is 9.18 Å². The maximum Gasteiger partial charge on any atom is 0.258 e. The monoisotopic (exact) mass is 299 g/mol. The van der Waals surface area contributed by atoms with Crippen LogP contribution in [-0.2, 0) is 20.7 Å². The van der Waals surface area contributed by atoms with Crippen LogP contribution in [0.25, 0.3) is 0 Å². The molecule has 4 nitrogen and oxygen atoms in total. The second-order valence-corrected chi connectivity index (χ2v) is 5.36. The second kappa shape index (κ2) is 5.68. The van der Waals surface area contributed by atoms with E-state index in [0.717, 1.165) is 18.4 Å². The fourth-order valence-corrected chi connectivity index (χ4v) is 2.90. The van der Waals surface area contributed by atoms with Crippen molar-refractivity contribution >= 4 is 23.2 Å². The van der Waals surface area contributed by atoms with Gasteiger partial charge in [-0.25, -0.2) is 4.39 Å². The highest BCUT2D eigenvalue weighted by atomic mass is 35.5. The maximum atomic E-state index is 14.2. The standard InChI is InChI=1S/C14H15ClFNO3/c15-10-6-9-2-1-3-17(13(9)11(16)7-10)14(18)12-8-19-4-5-20-12/h6-7,12H,1-5,8H2/t12-/m1/s1. The molecular weight excluding hydrogens is 285 g/mol. The minimum Gasteiger partial charge on any atom is -0.376 e. The lowest BCUT2D eigenvalue weighted by molar-refractivity contribution is -0.144. The molecule has 0 radical (unpaired) electrons. The van der Waals surface area contributed by atoms with Gasteiger partial charge in [0.05, 0.1) is 25.5 Å². The van der Waals surface area contributed by atoms with Gasteiger partial charge in [0.2, 0.25) is 0 Å². The summed E-state index contributed by atoms with van der Waals surface area (Å²) in [7, 11) is 0. The van der Waals surface area contributed by atoms with Gasteiger partial charge < -0.3 is 14.4 Å². The highest BCUT2D eigenvalue weighted by Crippen LogP contribution is 2.33. The maximum absolute atomic E-state index is 14.2. The molecule has 108 valence electrons. The van der Waals surface area contributed by atoms with Crippen LogP contribution in [0, 0.1) is 5.82 Å². The van der Waals surface area contributed by atoms with Crippen molar-refractivity contribution in [2.75, 3.05) is 31.3 Å². The van der Waals surface area contributed by atoms with Crippen LogP contribution in [0.4, 0.5) is 10.1 Å². The number of hydrogen-bond donors (Lipinski definition) is 0. The summed E-state index contributed by atoms with van der Waals surface area (Å²) in [5.41, 5.74) is 1.10. The molecular formula is C14H15ClFNO3. The number of carbonyl (C=O) groups is 1. The van der Waals surface area contributed by atoms with E-state index in [-0.39, 0.29) is 12.5 Å². The molecule has 1 saturated heterocycles. The normalized spacial score (nSPS) is 22.5. The predicted molar refractivity (Wildman–Crippen MR) is 72.6 cm³/mol. The lowest BCUT2D eigenvalue weighted by Crippen LogP contribution is -2.47. The van der Waals surface area contributed by atoms with Gasteiger partial charge in [0.15, 0.2) is 6.10 Å². The summed E-state index contributed by atoms with van der Waals surface area (Å²) in [6, 6.07) is 2.96. The summed E-state index contributed by atoms with van der Waals surface area (Å²) in [5.74, 6) is -0.704. The van der Waals surface area contributed by atoms with E-state index in [0.29, 0.717) is 30.5 Å². The Morgan fingerprint density at radius 1 is 1.40 bits per heavy atom. The van der Waals surface area contributed by atoms with Crippen LogP contribution < -0.4 is 4.90 Å².